The van der Waals surface area contributed by atoms with Crippen molar-refractivity contribution >= 4 is 25.8 Å². The van der Waals surface area contributed by atoms with E-state index in [9.17, 15) is 13.2 Å². The van der Waals surface area contributed by atoms with E-state index in [2.05, 4.69) is 0 Å². The molecule has 0 saturated carbocycles. The number of carbonyl (C=O) groups is 1. The Morgan fingerprint density at radius 3 is 2.45 bits per heavy atom. The molecule has 112 valence electrons. The van der Waals surface area contributed by atoms with Crippen LogP contribution in [0.1, 0.15) is 19.4 Å². The zero-order valence-electron chi connectivity index (χ0n) is 11.5. The zero-order valence-corrected chi connectivity index (χ0v) is 13.0. The molecule has 0 N–H and O–H groups in total. The van der Waals surface area contributed by atoms with Crippen molar-refractivity contribution in [3.63, 3.8) is 0 Å². The van der Waals surface area contributed by atoms with E-state index in [1.807, 2.05) is 30.3 Å². The van der Waals surface area contributed by atoms with Crippen LogP contribution in [-0.2, 0) is 20.4 Å². The second-order valence-electron chi connectivity index (χ2n) is 4.38. The predicted molar refractivity (Wildman–Crippen MR) is 78.1 cm³/mol. The maximum atomic E-state index is 11.9. The molecule has 20 heavy (non-hydrogen) atoms. The van der Waals surface area contributed by atoms with Crippen LogP contribution in [0.25, 0.3) is 0 Å². The number of halogens is 1. The number of carbonyl (C=O) groups excluding carboxylic acids is 1. The minimum atomic E-state index is -3.66. The van der Waals surface area contributed by atoms with Crippen molar-refractivity contribution in [1.82, 2.24) is 4.90 Å². The molecule has 0 bridgehead atoms. The van der Waals surface area contributed by atoms with Crippen LogP contribution in [0.3, 0.4) is 0 Å². The van der Waals surface area contributed by atoms with Crippen molar-refractivity contribution in [3.05, 3.63) is 35.9 Å². The average molecular weight is 320 g/mol. The first-order valence-electron chi connectivity index (χ1n) is 6.23. The second-order valence-corrected chi connectivity index (χ2v) is 7.20. The Kier molecular flexibility index (Phi) is 6.29. The third kappa shape index (κ3) is 5.79. The summed E-state index contributed by atoms with van der Waals surface area (Å²) in [6.45, 7) is 3.87. The van der Waals surface area contributed by atoms with Crippen LogP contribution in [0.15, 0.2) is 30.3 Å². The fraction of sp³-hybridized carbons (Fsp3) is 0.462. The lowest BCUT2D eigenvalue weighted by molar-refractivity contribution is 0.0886. The van der Waals surface area contributed by atoms with Crippen LogP contribution < -0.4 is 0 Å². The molecule has 1 atom stereocenters. The molecule has 1 aromatic rings. The molecule has 0 aliphatic heterocycles. The lowest BCUT2D eigenvalue weighted by Gasteiger charge is -2.26. The molecule has 0 aliphatic rings. The summed E-state index contributed by atoms with van der Waals surface area (Å²) in [5.74, 6) is -0.303. The summed E-state index contributed by atoms with van der Waals surface area (Å²) in [6, 6.07) is 8.72. The fourth-order valence-corrected chi connectivity index (χ4v) is 3.10. The Morgan fingerprint density at radius 1 is 1.35 bits per heavy atom. The van der Waals surface area contributed by atoms with Gasteiger partial charge in [-0.1, -0.05) is 30.3 Å². The van der Waals surface area contributed by atoms with Gasteiger partial charge in [0.05, 0.1) is 5.75 Å². The minimum absolute atomic E-state index is 0.149. The Bertz CT molecular complexity index is 533. The van der Waals surface area contributed by atoms with Crippen LogP contribution >= 0.6 is 10.7 Å². The summed E-state index contributed by atoms with van der Waals surface area (Å²) >= 11 is 0. The molecule has 5 nitrogen and oxygen atoms in total. The summed E-state index contributed by atoms with van der Waals surface area (Å²) in [7, 11) is 1.54. The Balaban J connectivity index is 2.59. The molecule has 0 aromatic heterocycles. The lowest BCUT2D eigenvalue weighted by atomic mass is 10.2. The molecule has 1 amide bonds. The van der Waals surface area contributed by atoms with Crippen LogP contribution in [0, 0.1) is 0 Å². The van der Waals surface area contributed by atoms with Gasteiger partial charge in [0.2, 0.25) is 9.05 Å². The molecule has 0 aliphatic carbocycles. The van der Waals surface area contributed by atoms with Gasteiger partial charge in [-0.05, 0) is 19.4 Å². The Morgan fingerprint density at radius 2 is 1.95 bits per heavy atom. The van der Waals surface area contributed by atoms with Gasteiger partial charge in [-0.3, -0.25) is 0 Å². The van der Waals surface area contributed by atoms with E-state index < -0.39 is 21.2 Å². The Hall–Kier alpha value is -1.27. The summed E-state index contributed by atoms with van der Waals surface area (Å²) in [5.41, 5.74) is 0.870. The molecular weight excluding hydrogens is 302 g/mol. The van der Waals surface area contributed by atoms with Gasteiger partial charge in [0, 0.05) is 23.3 Å². The largest absolute Gasteiger partial charge is 0.445 e. The minimum Gasteiger partial charge on any atom is -0.445 e. The topological polar surface area (TPSA) is 63.7 Å². The predicted octanol–water partition coefficient (Wildman–Crippen LogP) is 2.60. The molecule has 0 radical (unpaired) electrons. The summed E-state index contributed by atoms with van der Waals surface area (Å²) in [6.07, 6.45) is -0.552. The monoisotopic (exact) mass is 319 g/mol. The third-order valence-electron chi connectivity index (χ3n) is 2.75. The SMILES string of the molecule is CCN(C(=O)OCc1ccccc1)C(C)CS(=O)(=O)Cl. The second kappa shape index (κ2) is 7.50. The van der Waals surface area contributed by atoms with Gasteiger partial charge < -0.3 is 9.64 Å². The van der Waals surface area contributed by atoms with Crippen molar-refractivity contribution < 1.29 is 17.9 Å². The highest BCUT2D eigenvalue weighted by molar-refractivity contribution is 8.13. The number of benzene rings is 1. The normalized spacial score (nSPS) is 12.8. The quantitative estimate of drug-likeness (QED) is 0.756. The number of nitrogens with zero attached hydrogens (tertiary/aromatic N) is 1. The molecule has 0 spiro atoms. The van der Waals surface area contributed by atoms with E-state index in [-0.39, 0.29) is 12.4 Å². The maximum Gasteiger partial charge on any atom is 0.410 e. The van der Waals surface area contributed by atoms with Gasteiger partial charge in [0.1, 0.15) is 6.61 Å². The van der Waals surface area contributed by atoms with E-state index in [0.29, 0.717) is 6.54 Å². The van der Waals surface area contributed by atoms with E-state index >= 15 is 0 Å². The van der Waals surface area contributed by atoms with Gasteiger partial charge in [-0.2, -0.15) is 0 Å². The molecule has 7 heteroatoms. The molecule has 1 unspecified atom stereocenters. The van der Waals surface area contributed by atoms with Crippen LogP contribution in [0.5, 0.6) is 0 Å². The molecular formula is C13H18ClNO4S. The summed E-state index contributed by atoms with van der Waals surface area (Å²) in [5, 5.41) is 0. The van der Waals surface area contributed by atoms with Crippen molar-refractivity contribution in [2.75, 3.05) is 12.3 Å². The third-order valence-corrected chi connectivity index (χ3v) is 4.01. The van der Waals surface area contributed by atoms with Crippen molar-refractivity contribution in [3.8, 4) is 0 Å². The maximum absolute atomic E-state index is 11.9. The highest BCUT2D eigenvalue weighted by Gasteiger charge is 2.24. The molecule has 0 saturated heterocycles. The van der Waals surface area contributed by atoms with E-state index in [4.69, 9.17) is 15.4 Å². The van der Waals surface area contributed by atoms with Crippen molar-refractivity contribution in [2.45, 2.75) is 26.5 Å². The zero-order chi connectivity index (χ0) is 15.2. The van der Waals surface area contributed by atoms with Crippen LogP contribution in [0.2, 0.25) is 0 Å². The van der Waals surface area contributed by atoms with Gasteiger partial charge >= 0.3 is 6.09 Å². The highest BCUT2D eigenvalue weighted by Crippen LogP contribution is 2.10. The first-order valence-corrected chi connectivity index (χ1v) is 8.71. The molecule has 1 rings (SSSR count). The highest BCUT2D eigenvalue weighted by atomic mass is 35.7. The van der Waals surface area contributed by atoms with Gasteiger partial charge in [0.25, 0.3) is 0 Å². The smallest absolute Gasteiger partial charge is 0.410 e. The summed E-state index contributed by atoms with van der Waals surface area (Å²) < 4.78 is 27.3. The number of hydrogen-bond acceptors (Lipinski definition) is 4. The number of ether oxygens (including phenoxy) is 1. The average Bonchev–Trinajstić information content (AvgIpc) is 2.36. The van der Waals surface area contributed by atoms with Crippen molar-refractivity contribution in [1.29, 1.82) is 0 Å². The Labute approximate surface area is 123 Å². The number of amides is 1. The first kappa shape index (κ1) is 16.8. The molecule has 1 aromatic carbocycles. The standard InChI is InChI=1S/C13H18ClNO4S/c1-3-15(11(2)10-20(14,17)18)13(16)19-9-12-7-5-4-6-8-12/h4-8,11H,3,9-10H2,1-2H3. The van der Waals surface area contributed by atoms with Gasteiger partial charge in [0.15, 0.2) is 0 Å². The number of rotatable bonds is 6. The fourth-order valence-electron chi connectivity index (χ4n) is 1.80. The van der Waals surface area contributed by atoms with Crippen LogP contribution in [0.4, 0.5) is 4.79 Å². The summed E-state index contributed by atoms with van der Waals surface area (Å²) in [4.78, 5) is 13.3. The van der Waals surface area contributed by atoms with Crippen molar-refractivity contribution in [2.24, 2.45) is 0 Å². The van der Waals surface area contributed by atoms with Crippen LogP contribution in [-0.4, -0.2) is 37.8 Å². The van der Waals surface area contributed by atoms with E-state index in [0.717, 1.165) is 5.56 Å². The molecule has 0 fully saturated rings. The lowest BCUT2D eigenvalue weighted by Crippen LogP contribution is -2.41. The van der Waals surface area contributed by atoms with E-state index in [1.54, 1.807) is 13.8 Å². The van der Waals surface area contributed by atoms with Gasteiger partial charge in [-0.15, -0.1) is 0 Å². The number of hydrogen-bond donors (Lipinski definition) is 0. The molecule has 0 heterocycles. The van der Waals surface area contributed by atoms with Gasteiger partial charge in [-0.25, -0.2) is 13.2 Å². The van der Waals surface area contributed by atoms with E-state index in [1.165, 1.54) is 4.90 Å². The first-order chi connectivity index (χ1) is 9.33.